The van der Waals surface area contributed by atoms with Gasteiger partial charge in [0.1, 0.15) is 0 Å². The van der Waals surface area contributed by atoms with Gasteiger partial charge in [0.2, 0.25) is 10.0 Å². The number of carbonyl (C=O) groups excluding carboxylic acids is 1. The van der Waals surface area contributed by atoms with Crippen LogP contribution in [-0.2, 0) is 14.8 Å². The Morgan fingerprint density at radius 1 is 1.19 bits per heavy atom. The Morgan fingerprint density at radius 3 is 2.62 bits per heavy atom. The number of morpholine rings is 1. The van der Waals surface area contributed by atoms with E-state index < -0.39 is 10.0 Å². The molecule has 0 spiro atoms. The average Bonchev–Trinajstić information content (AvgIpc) is 3.25. The number of nitrogens with zero attached hydrogens (tertiary/aromatic N) is 1. The fraction of sp³-hybridized carbons (Fsp3) is 0.632. The highest BCUT2D eigenvalue weighted by Gasteiger charge is 2.40. The predicted molar refractivity (Wildman–Crippen MR) is 97.5 cm³/mol. The summed E-state index contributed by atoms with van der Waals surface area (Å²) in [5, 5.41) is 3.14. The summed E-state index contributed by atoms with van der Waals surface area (Å²) in [4.78, 5) is 12.9. The Balaban J connectivity index is 1.54. The molecule has 6 nitrogen and oxygen atoms in total. The molecule has 1 aromatic rings. The zero-order chi connectivity index (χ0) is 18.3. The third kappa shape index (κ3) is 3.28. The van der Waals surface area contributed by atoms with Crippen LogP contribution in [-0.4, -0.2) is 51.0 Å². The van der Waals surface area contributed by atoms with Crippen LogP contribution in [0.2, 0.25) is 0 Å². The molecule has 142 valence electrons. The molecule has 2 bridgehead atoms. The Labute approximate surface area is 155 Å². The average molecular weight is 378 g/mol. The third-order valence-corrected chi connectivity index (χ3v) is 8.13. The molecule has 3 aliphatic rings. The molecular formula is C19H26N2O4S. The molecule has 2 aliphatic carbocycles. The van der Waals surface area contributed by atoms with Crippen molar-refractivity contribution in [3.63, 3.8) is 0 Å². The quantitative estimate of drug-likeness (QED) is 0.869. The lowest BCUT2D eigenvalue weighted by Gasteiger charge is -2.27. The summed E-state index contributed by atoms with van der Waals surface area (Å²) >= 11 is 0. The molecule has 2 saturated carbocycles. The van der Waals surface area contributed by atoms with Crippen molar-refractivity contribution in [2.24, 2.45) is 11.8 Å². The molecule has 1 amide bonds. The smallest absolute Gasteiger partial charge is 0.251 e. The second kappa shape index (κ2) is 6.94. The van der Waals surface area contributed by atoms with Crippen molar-refractivity contribution in [1.82, 2.24) is 9.62 Å². The fourth-order valence-electron chi connectivity index (χ4n) is 4.62. The minimum absolute atomic E-state index is 0.166. The number of sulfonamides is 1. The zero-order valence-corrected chi connectivity index (χ0v) is 15.9. The SMILES string of the molecule is Cc1ccc(C(=O)N[C@@H]2C[C@H]3CC[C@@H]2C3)cc1S(=O)(=O)N1CCOCC1. The van der Waals surface area contributed by atoms with Gasteiger partial charge in [0.05, 0.1) is 18.1 Å². The van der Waals surface area contributed by atoms with Gasteiger partial charge in [-0.2, -0.15) is 4.31 Å². The van der Waals surface area contributed by atoms with Crippen LogP contribution in [0.25, 0.3) is 0 Å². The number of ether oxygens (including phenoxy) is 1. The number of carbonyl (C=O) groups is 1. The second-order valence-corrected chi connectivity index (χ2v) is 9.66. The van der Waals surface area contributed by atoms with Gasteiger partial charge in [-0.3, -0.25) is 4.79 Å². The molecule has 1 aromatic carbocycles. The number of amides is 1. The zero-order valence-electron chi connectivity index (χ0n) is 15.1. The van der Waals surface area contributed by atoms with E-state index in [0.717, 1.165) is 12.3 Å². The number of aryl methyl sites for hydroxylation is 1. The molecule has 0 radical (unpaired) electrons. The van der Waals surface area contributed by atoms with Crippen LogP contribution in [0.15, 0.2) is 23.1 Å². The lowest BCUT2D eigenvalue weighted by molar-refractivity contribution is 0.0730. The number of hydrogen-bond acceptors (Lipinski definition) is 4. The number of rotatable bonds is 4. The Morgan fingerprint density at radius 2 is 1.96 bits per heavy atom. The van der Waals surface area contributed by atoms with Gasteiger partial charge in [-0.15, -0.1) is 0 Å². The maximum atomic E-state index is 13.0. The second-order valence-electron chi connectivity index (χ2n) is 7.75. The van der Waals surface area contributed by atoms with Gasteiger partial charge < -0.3 is 10.1 Å². The molecule has 3 fully saturated rings. The molecule has 0 aromatic heterocycles. The lowest BCUT2D eigenvalue weighted by Crippen LogP contribution is -2.41. The topological polar surface area (TPSA) is 75.7 Å². The highest BCUT2D eigenvalue weighted by molar-refractivity contribution is 7.89. The molecule has 1 saturated heterocycles. The van der Waals surface area contributed by atoms with Gasteiger partial charge in [-0.25, -0.2) is 8.42 Å². The minimum atomic E-state index is -3.61. The van der Waals surface area contributed by atoms with Crippen molar-refractivity contribution in [3.05, 3.63) is 29.3 Å². The Bertz CT molecular complexity index is 802. The first-order valence-corrected chi connectivity index (χ1v) is 10.9. The van der Waals surface area contributed by atoms with Crippen molar-refractivity contribution in [3.8, 4) is 0 Å². The maximum Gasteiger partial charge on any atom is 0.251 e. The normalized spacial score (nSPS) is 29.0. The van der Waals surface area contributed by atoms with E-state index in [0.29, 0.717) is 43.3 Å². The first-order chi connectivity index (χ1) is 12.4. The number of fused-ring (bicyclic) bond motifs is 2. The molecule has 3 atom stereocenters. The summed E-state index contributed by atoms with van der Waals surface area (Å²) in [7, 11) is -3.61. The van der Waals surface area contributed by atoms with E-state index >= 15 is 0 Å². The van der Waals surface area contributed by atoms with Gasteiger partial charge in [0, 0.05) is 24.7 Å². The van der Waals surface area contributed by atoms with Crippen LogP contribution < -0.4 is 5.32 Å². The maximum absolute atomic E-state index is 13.0. The van der Waals surface area contributed by atoms with Crippen LogP contribution in [0.4, 0.5) is 0 Å². The van der Waals surface area contributed by atoms with Crippen LogP contribution in [0.1, 0.15) is 41.6 Å². The summed E-state index contributed by atoms with van der Waals surface area (Å²) in [6.07, 6.45) is 4.75. The highest BCUT2D eigenvalue weighted by Crippen LogP contribution is 2.44. The molecule has 26 heavy (non-hydrogen) atoms. The van der Waals surface area contributed by atoms with Crippen LogP contribution in [0.3, 0.4) is 0 Å². The first-order valence-electron chi connectivity index (χ1n) is 9.44. The van der Waals surface area contributed by atoms with E-state index in [1.165, 1.54) is 29.6 Å². The van der Waals surface area contributed by atoms with Crippen molar-refractivity contribution < 1.29 is 17.9 Å². The van der Waals surface area contributed by atoms with E-state index in [4.69, 9.17) is 4.74 Å². The summed E-state index contributed by atoms with van der Waals surface area (Å²) in [5.41, 5.74) is 1.08. The van der Waals surface area contributed by atoms with Crippen molar-refractivity contribution in [1.29, 1.82) is 0 Å². The summed E-state index contributed by atoms with van der Waals surface area (Å²) in [6, 6.07) is 5.21. The fourth-order valence-corrected chi connectivity index (χ4v) is 6.28. The van der Waals surface area contributed by atoms with Crippen molar-refractivity contribution >= 4 is 15.9 Å². The molecule has 1 heterocycles. The van der Waals surface area contributed by atoms with Crippen LogP contribution in [0, 0.1) is 18.8 Å². The summed E-state index contributed by atoms with van der Waals surface area (Å²) in [5.74, 6) is 1.17. The lowest BCUT2D eigenvalue weighted by atomic mass is 9.95. The van der Waals surface area contributed by atoms with Crippen LogP contribution >= 0.6 is 0 Å². The number of hydrogen-bond donors (Lipinski definition) is 1. The molecule has 1 aliphatic heterocycles. The summed E-state index contributed by atoms with van der Waals surface area (Å²) in [6.45, 7) is 3.28. The van der Waals surface area contributed by atoms with E-state index in [1.807, 2.05) is 0 Å². The molecule has 4 rings (SSSR count). The van der Waals surface area contributed by atoms with E-state index in [-0.39, 0.29) is 16.8 Å². The first kappa shape index (κ1) is 17.9. The molecule has 0 unspecified atom stereocenters. The monoisotopic (exact) mass is 378 g/mol. The Kier molecular flexibility index (Phi) is 4.79. The number of benzene rings is 1. The molecule has 7 heteroatoms. The van der Waals surface area contributed by atoms with Gasteiger partial charge >= 0.3 is 0 Å². The van der Waals surface area contributed by atoms with Gasteiger partial charge in [-0.05, 0) is 55.7 Å². The van der Waals surface area contributed by atoms with Crippen molar-refractivity contribution in [2.45, 2.75) is 43.5 Å². The molecular weight excluding hydrogens is 352 g/mol. The highest BCUT2D eigenvalue weighted by atomic mass is 32.2. The standard InChI is InChI=1S/C19H26N2O4S/c1-13-2-4-16(19(22)20-17-11-14-3-5-15(17)10-14)12-18(13)26(23,24)21-6-8-25-9-7-21/h2,4,12,14-15,17H,3,5-11H2,1H3,(H,20,22)/t14-,15+,17+/m0/s1. The van der Waals surface area contributed by atoms with Gasteiger partial charge in [0.25, 0.3) is 5.91 Å². The van der Waals surface area contributed by atoms with E-state index in [9.17, 15) is 13.2 Å². The number of nitrogens with one attached hydrogen (secondary N) is 1. The van der Waals surface area contributed by atoms with E-state index in [2.05, 4.69) is 5.32 Å². The minimum Gasteiger partial charge on any atom is -0.379 e. The van der Waals surface area contributed by atoms with Crippen LogP contribution in [0.5, 0.6) is 0 Å². The van der Waals surface area contributed by atoms with Crippen molar-refractivity contribution in [2.75, 3.05) is 26.3 Å². The van der Waals surface area contributed by atoms with Gasteiger partial charge in [-0.1, -0.05) is 12.5 Å². The summed E-state index contributed by atoms with van der Waals surface area (Å²) < 4.78 is 32.6. The van der Waals surface area contributed by atoms with E-state index in [1.54, 1.807) is 19.1 Å². The largest absolute Gasteiger partial charge is 0.379 e. The van der Waals surface area contributed by atoms with Gasteiger partial charge in [0.15, 0.2) is 0 Å². The molecule has 1 N–H and O–H groups in total. The Hall–Kier alpha value is -1.44. The third-order valence-electron chi connectivity index (χ3n) is 6.09. The predicted octanol–water partition coefficient (Wildman–Crippen LogP) is 1.93.